The van der Waals surface area contributed by atoms with Crippen LogP contribution in [0, 0.1) is 5.92 Å². The molecule has 1 rings (SSSR count). The zero-order chi connectivity index (χ0) is 12.3. The van der Waals surface area contributed by atoms with Gasteiger partial charge >= 0.3 is 0 Å². The second-order valence-corrected chi connectivity index (χ2v) is 6.90. The quantitative estimate of drug-likeness (QED) is 0.683. The summed E-state index contributed by atoms with van der Waals surface area (Å²) in [7, 11) is -1.59. The summed E-state index contributed by atoms with van der Waals surface area (Å²) < 4.78 is 28.3. The van der Waals surface area contributed by atoms with Crippen LogP contribution < -0.4 is 0 Å². The molecule has 0 aromatic heterocycles. The van der Waals surface area contributed by atoms with E-state index < -0.39 is 9.84 Å². The number of likely N-dealkylation sites (tertiary alicyclic amines) is 1. The lowest BCUT2D eigenvalue weighted by Crippen LogP contribution is -2.58. The SMILES string of the molecule is COCC(=O)N1CC(S(=O)(=O)CC(C)C)C1. The molecule has 6 heteroatoms. The lowest BCUT2D eigenvalue weighted by Gasteiger charge is -2.38. The second kappa shape index (κ2) is 5.14. The van der Waals surface area contributed by atoms with Gasteiger partial charge in [-0.2, -0.15) is 0 Å². The smallest absolute Gasteiger partial charge is 0.248 e. The molecule has 0 unspecified atom stereocenters. The molecule has 0 bridgehead atoms. The lowest BCUT2D eigenvalue weighted by molar-refractivity contribution is -0.138. The van der Waals surface area contributed by atoms with E-state index in [1.165, 1.54) is 12.0 Å². The Bertz CT molecular complexity index is 344. The van der Waals surface area contributed by atoms with Crippen LogP contribution in [0.25, 0.3) is 0 Å². The third-order valence-corrected chi connectivity index (χ3v) is 4.99. The predicted octanol–water partition coefficient (Wildman–Crippen LogP) is -0.0856. The van der Waals surface area contributed by atoms with Crippen LogP contribution in [0.3, 0.4) is 0 Å². The van der Waals surface area contributed by atoms with Gasteiger partial charge in [0, 0.05) is 20.2 Å². The molecule has 0 radical (unpaired) electrons. The largest absolute Gasteiger partial charge is 0.375 e. The number of rotatable bonds is 5. The molecule has 0 aliphatic carbocycles. The molecular formula is C10H19NO4S. The summed E-state index contributed by atoms with van der Waals surface area (Å²) in [6, 6.07) is 0. The maximum Gasteiger partial charge on any atom is 0.248 e. The summed E-state index contributed by atoms with van der Waals surface area (Å²) in [6.45, 7) is 4.42. The van der Waals surface area contributed by atoms with E-state index in [0.29, 0.717) is 13.1 Å². The number of hydrogen-bond acceptors (Lipinski definition) is 4. The van der Waals surface area contributed by atoms with Crippen molar-refractivity contribution < 1.29 is 17.9 Å². The first-order valence-electron chi connectivity index (χ1n) is 5.35. The van der Waals surface area contributed by atoms with Crippen molar-refractivity contribution in [3.8, 4) is 0 Å². The molecule has 1 aliphatic rings. The van der Waals surface area contributed by atoms with Gasteiger partial charge in [-0.1, -0.05) is 13.8 Å². The van der Waals surface area contributed by atoms with Crippen molar-refractivity contribution in [2.24, 2.45) is 5.92 Å². The van der Waals surface area contributed by atoms with Gasteiger partial charge in [0.1, 0.15) is 6.61 Å². The van der Waals surface area contributed by atoms with E-state index in [-0.39, 0.29) is 29.4 Å². The number of amides is 1. The first-order chi connectivity index (χ1) is 7.36. The standard InChI is InChI=1S/C10H19NO4S/c1-8(2)7-16(13,14)9-4-11(5-9)10(12)6-15-3/h8-9H,4-7H2,1-3H3. The number of carbonyl (C=O) groups excluding carboxylic acids is 1. The van der Waals surface area contributed by atoms with Gasteiger partial charge in [0.05, 0.1) is 11.0 Å². The van der Waals surface area contributed by atoms with E-state index in [1.54, 1.807) is 0 Å². The Hall–Kier alpha value is -0.620. The average Bonchev–Trinajstić information content (AvgIpc) is 1.97. The number of methoxy groups -OCH3 is 1. The molecule has 0 N–H and O–H groups in total. The molecule has 1 fully saturated rings. The zero-order valence-electron chi connectivity index (χ0n) is 9.97. The van der Waals surface area contributed by atoms with Gasteiger partial charge in [-0.25, -0.2) is 8.42 Å². The minimum atomic E-state index is -3.04. The zero-order valence-corrected chi connectivity index (χ0v) is 10.8. The first kappa shape index (κ1) is 13.4. The van der Waals surface area contributed by atoms with Crippen LogP contribution in [0.4, 0.5) is 0 Å². The first-order valence-corrected chi connectivity index (χ1v) is 7.06. The van der Waals surface area contributed by atoms with Crippen molar-refractivity contribution in [3.63, 3.8) is 0 Å². The van der Waals surface area contributed by atoms with Crippen molar-refractivity contribution in [1.82, 2.24) is 4.90 Å². The maximum absolute atomic E-state index is 11.8. The molecule has 1 amide bonds. The molecular weight excluding hydrogens is 230 g/mol. The van der Waals surface area contributed by atoms with E-state index in [0.717, 1.165) is 0 Å². The van der Waals surface area contributed by atoms with Crippen molar-refractivity contribution in [1.29, 1.82) is 0 Å². The van der Waals surface area contributed by atoms with Crippen molar-refractivity contribution >= 4 is 15.7 Å². The minimum Gasteiger partial charge on any atom is -0.375 e. The fourth-order valence-electron chi connectivity index (χ4n) is 1.68. The van der Waals surface area contributed by atoms with Crippen LogP contribution in [0.15, 0.2) is 0 Å². The Balaban J connectivity index is 2.43. The number of carbonyl (C=O) groups is 1. The highest BCUT2D eigenvalue weighted by Gasteiger charge is 2.39. The van der Waals surface area contributed by atoms with Crippen LogP contribution in [-0.4, -0.2) is 57.0 Å². The van der Waals surface area contributed by atoms with Gasteiger partial charge < -0.3 is 9.64 Å². The number of nitrogens with zero attached hydrogens (tertiary/aromatic N) is 1. The Morgan fingerprint density at radius 2 is 2.00 bits per heavy atom. The Morgan fingerprint density at radius 1 is 1.44 bits per heavy atom. The summed E-state index contributed by atoms with van der Waals surface area (Å²) >= 11 is 0. The topological polar surface area (TPSA) is 63.7 Å². The number of ether oxygens (including phenoxy) is 1. The van der Waals surface area contributed by atoms with E-state index >= 15 is 0 Å². The summed E-state index contributed by atoms with van der Waals surface area (Å²) in [5, 5.41) is -0.379. The Kier molecular flexibility index (Phi) is 4.32. The van der Waals surface area contributed by atoms with Crippen molar-refractivity contribution in [3.05, 3.63) is 0 Å². The van der Waals surface area contributed by atoms with E-state index in [9.17, 15) is 13.2 Å². The van der Waals surface area contributed by atoms with Gasteiger partial charge in [-0.15, -0.1) is 0 Å². The summed E-state index contributed by atoms with van der Waals surface area (Å²) in [4.78, 5) is 12.8. The van der Waals surface area contributed by atoms with Gasteiger partial charge in [0.25, 0.3) is 0 Å². The fourth-order valence-corrected chi connectivity index (χ4v) is 3.70. The minimum absolute atomic E-state index is 0.0248. The maximum atomic E-state index is 11.8. The molecule has 1 saturated heterocycles. The second-order valence-electron chi connectivity index (χ2n) is 4.58. The third-order valence-electron chi connectivity index (χ3n) is 2.54. The van der Waals surface area contributed by atoms with Gasteiger partial charge in [-0.05, 0) is 5.92 Å². The Morgan fingerprint density at radius 3 is 2.44 bits per heavy atom. The van der Waals surface area contributed by atoms with Gasteiger partial charge in [0.2, 0.25) is 5.91 Å². The van der Waals surface area contributed by atoms with Crippen LogP contribution in [0.2, 0.25) is 0 Å². The van der Waals surface area contributed by atoms with Crippen LogP contribution in [0.5, 0.6) is 0 Å². The molecule has 5 nitrogen and oxygen atoms in total. The fraction of sp³-hybridized carbons (Fsp3) is 0.900. The summed E-state index contributed by atoms with van der Waals surface area (Å²) in [5.74, 6) is 0.191. The third kappa shape index (κ3) is 3.18. The number of hydrogen-bond donors (Lipinski definition) is 0. The molecule has 94 valence electrons. The molecule has 1 aliphatic heterocycles. The molecule has 0 saturated carbocycles. The van der Waals surface area contributed by atoms with E-state index in [4.69, 9.17) is 4.74 Å². The predicted molar refractivity (Wildman–Crippen MR) is 60.9 cm³/mol. The summed E-state index contributed by atoms with van der Waals surface area (Å²) in [5.41, 5.74) is 0. The normalized spacial score (nSPS) is 17.6. The highest BCUT2D eigenvalue weighted by Crippen LogP contribution is 2.19. The van der Waals surface area contributed by atoms with Crippen LogP contribution >= 0.6 is 0 Å². The highest BCUT2D eigenvalue weighted by atomic mass is 32.2. The van der Waals surface area contributed by atoms with Crippen molar-refractivity contribution in [2.75, 3.05) is 32.6 Å². The Labute approximate surface area is 96.7 Å². The van der Waals surface area contributed by atoms with Gasteiger partial charge in [0.15, 0.2) is 9.84 Å². The van der Waals surface area contributed by atoms with Crippen LogP contribution in [-0.2, 0) is 19.4 Å². The molecule has 0 aromatic rings. The molecule has 0 aromatic carbocycles. The van der Waals surface area contributed by atoms with Crippen molar-refractivity contribution in [2.45, 2.75) is 19.1 Å². The molecule has 0 spiro atoms. The van der Waals surface area contributed by atoms with Crippen LogP contribution in [0.1, 0.15) is 13.8 Å². The monoisotopic (exact) mass is 249 g/mol. The van der Waals surface area contributed by atoms with E-state index in [1.807, 2.05) is 13.8 Å². The summed E-state index contributed by atoms with van der Waals surface area (Å²) in [6.07, 6.45) is 0. The molecule has 1 heterocycles. The molecule has 0 atom stereocenters. The van der Waals surface area contributed by atoms with Gasteiger partial charge in [-0.3, -0.25) is 4.79 Å². The van der Waals surface area contributed by atoms with E-state index in [2.05, 4.69) is 0 Å². The number of sulfone groups is 1. The lowest BCUT2D eigenvalue weighted by atomic mass is 10.2. The average molecular weight is 249 g/mol. The molecule has 16 heavy (non-hydrogen) atoms. The highest BCUT2D eigenvalue weighted by molar-refractivity contribution is 7.92.